The van der Waals surface area contributed by atoms with E-state index in [1.54, 1.807) is 18.1 Å². The van der Waals surface area contributed by atoms with Crippen LogP contribution >= 0.6 is 11.6 Å². The number of piperazine rings is 1. The second kappa shape index (κ2) is 9.90. The van der Waals surface area contributed by atoms with Crippen LogP contribution in [0.4, 0.5) is 4.79 Å². The number of amides is 4. The van der Waals surface area contributed by atoms with Gasteiger partial charge in [0.1, 0.15) is 6.61 Å². The lowest BCUT2D eigenvalue weighted by atomic mass is 10.0. The molecule has 1 aromatic carbocycles. The number of methoxy groups -OCH3 is 1. The number of carbonyl (C=O) groups excluding carboxylic acids is 4. The molecule has 2 aliphatic heterocycles. The maximum absolute atomic E-state index is 12.9. The van der Waals surface area contributed by atoms with Crippen molar-refractivity contribution in [1.82, 2.24) is 14.7 Å². The summed E-state index contributed by atoms with van der Waals surface area (Å²) in [6.45, 7) is 2.26. The Hall–Kier alpha value is -2.65. The van der Waals surface area contributed by atoms with Crippen LogP contribution in [0.25, 0.3) is 0 Å². The van der Waals surface area contributed by atoms with E-state index in [0.717, 1.165) is 0 Å². The van der Waals surface area contributed by atoms with Gasteiger partial charge in [-0.15, -0.1) is 11.6 Å². The molecule has 9 nitrogen and oxygen atoms in total. The number of carbonyl (C=O) groups is 4. The van der Waals surface area contributed by atoms with E-state index in [4.69, 9.17) is 21.1 Å². The Morgan fingerprint density at radius 2 is 1.67 bits per heavy atom. The Morgan fingerprint density at radius 3 is 2.33 bits per heavy atom. The smallest absolute Gasteiger partial charge is 0.409 e. The predicted molar refractivity (Wildman–Crippen MR) is 108 cm³/mol. The van der Waals surface area contributed by atoms with Crippen LogP contribution in [-0.4, -0.2) is 97.4 Å². The number of nitrogens with zero attached hydrogens (tertiary/aromatic N) is 3. The summed E-state index contributed by atoms with van der Waals surface area (Å²) < 4.78 is 9.97. The van der Waals surface area contributed by atoms with E-state index in [9.17, 15) is 19.2 Å². The zero-order valence-electron chi connectivity index (χ0n) is 16.8. The molecule has 0 radical (unpaired) electrons. The summed E-state index contributed by atoms with van der Waals surface area (Å²) in [7, 11) is 1.56. The molecule has 30 heavy (non-hydrogen) atoms. The van der Waals surface area contributed by atoms with E-state index in [2.05, 4.69) is 0 Å². The lowest BCUT2D eigenvalue weighted by Gasteiger charge is -2.34. The highest BCUT2D eigenvalue weighted by atomic mass is 35.5. The van der Waals surface area contributed by atoms with Crippen molar-refractivity contribution in [1.29, 1.82) is 0 Å². The summed E-state index contributed by atoms with van der Waals surface area (Å²) >= 11 is 5.51. The first-order chi connectivity index (χ1) is 14.5. The minimum absolute atomic E-state index is 0.143. The number of benzene rings is 1. The molecule has 0 bridgehead atoms. The fourth-order valence-electron chi connectivity index (χ4n) is 3.49. The van der Waals surface area contributed by atoms with Crippen LogP contribution in [0.3, 0.4) is 0 Å². The van der Waals surface area contributed by atoms with Gasteiger partial charge >= 0.3 is 6.09 Å². The average Bonchev–Trinajstić information content (AvgIpc) is 3.01. The largest absolute Gasteiger partial charge is 0.448 e. The van der Waals surface area contributed by atoms with Gasteiger partial charge in [0.05, 0.1) is 17.0 Å². The molecule has 2 heterocycles. The van der Waals surface area contributed by atoms with Crippen LogP contribution < -0.4 is 0 Å². The summed E-state index contributed by atoms with van der Waals surface area (Å²) in [4.78, 5) is 54.2. The minimum atomic E-state index is -0.446. The highest BCUT2D eigenvalue weighted by molar-refractivity contribution is 6.22. The van der Waals surface area contributed by atoms with Gasteiger partial charge in [-0.2, -0.15) is 0 Å². The maximum Gasteiger partial charge on any atom is 0.409 e. The van der Waals surface area contributed by atoms with E-state index in [0.29, 0.717) is 50.3 Å². The Labute approximate surface area is 179 Å². The van der Waals surface area contributed by atoms with E-state index in [-0.39, 0.29) is 36.4 Å². The molecule has 2 aliphatic rings. The van der Waals surface area contributed by atoms with Gasteiger partial charge in [-0.05, 0) is 24.6 Å². The van der Waals surface area contributed by atoms with Crippen molar-refractivity contribution in [3.05, 3.63) is 34.9 Å². The number of ether oxygens (including phenoxy) is 2. The number of rotatable bonds is 7. The lowest BCUT2D eigenvalue weighted by Crippen LogP contribution is -2.50. The highest BCUT2D eigenvalue weighted by Crippen LogP contribution is 2.25. The van der Waals surface area contributed by atoms with Crippen molar-refractivity contribution in [3.8, 4) is 0 Å². The molecule has 0 unspecified atom stereocenters. The number of alkyl halides is 1. The standard InChI is InChI=1S/C20H24ClN3O6/c1-29-11-2-6-24-18(26)15-4-3-14(13-16(15)19(24)27)17(25)22-7-9-23(10-8-22)20(28)30-12-5-21/h3-4,13H,2,5-12H2,1H3. The van der Waals surface area contributed by atoms with Crippen molar-refractivity contribution < 1.29 is 28.7 Å². The first-order valence-corrected chi connectivity index (χ1v) is 10.3. The molecule has 1 aromatic rings. The summed E-state index contributed by atoms with van der Waals surface area (Å²) in [6.07, 6.45) is 0.101. The topological polar surface area (TPSA) is 96.5 Å². The molecule has 3 rings (SSSR count). The van der Waals surface area contributed by atoms with E-state index in [1.165, 1.54) is 21.9 Å². The molecular formula is C20H24ClN3O6. The van der Waals surface area contributed by atoms with Gasteiger partial charge in [0.2, 0.25) is 0 Å². The molecule has 0 aromatic heterocycles. The molecule has 0 aliphatic carbocycles. The Balaban J connectivity index is 1.64. The predicted octanol–water partition coefficient (Wildman–Crippen LogP) is 1.45. The van der Waals surface area contributed by atoms with Crippen LogP contribution in [0, 0.1) is 0 Å². The molecular weight excluding hydrogens is 414 g/mol. The molecule has 10 heteroatoms. The van der Waals surface area contributed by atoms with Gasteiger partial charge in [0.25, 0.3) is 17.7 Å². The van der Waals surface area contributed by atoms with E-state index in [1.807, 2.05) is 0 Å². The zero-order chi connectivity index (χ0) is 21.7. The first kappa shape index (κ1) is 22.0. The van der Waals surface area contributed by atoms with Crippen molar-refractivity contribution in [2.45, 2.75) is 6.42 Å². The molecule has 0 N–H and O–H groups in total. The summed E-state index contributed by atoms with van der Waals surface area (Å²) in [5.74, 6) is -0.764. The third-order valence-electron chi connectivity index (χ3n) is 5.08. The monoisotopic (exact) mass is 437 g/mol. The summed E-state index contributed by atoms with van der Waals surface area (Å²) in [5.41, 5.74) is 0.888. The highest BCUT2D eigenvalue weighted by Gasteiger charge is 2.36. The van der Waals surface area contributed by atoms with Gasteiger partial charge in [0, 0.05) is 52.0 Å². The molecule has 1 saturated heterocycles. The first-order valence-electron chi connectivity index (χ1n) is 9.74. The van der Waals surface area contributed by atoms with Crippen molar-refractivity contribution in [2.24, 2.45) is 0 Å². The lowest BCUT2D eigenvalue weighted by molar-refractivity contribution is 0.0572. The van der Waals surface area contributed by atoms with E-state index < -0.39 is 12.0 Å². The van der Waals surface area contributed by atoms with E-state index >= 15 is 0 Å². The second-order valence-electron chi connectivity index (χ2n) is 6.95. The SMILES string of the molecule is COCCCN1C(=O)c2ccc(C(=O)N3CCN(C(=O)OCCCl)CC3)cc2C1=O. The zero-order valence-corrected chi connectivity index (χ0v) is 17.5. The number of fused-ring (bicyclic) bond motifs is 1. The Morgan fingerprint density at radius 1 is 1.00 bits per heavy atom. The number of hydrogen-bond acceptors (Lipinski definition) is 6. The van der Waals surface area contributed by atoms with Gasteiger partial charge in [-0.25, -0.2) is 4.79 Å². The van der Waals surface area contributed by atoms with Gasteiger partial charge in [0.15, 0.2) is 0 Å². The average molecular weight is 438 g/mol. The fourth-order valence-corrected chi connectivity index (χ4v) is 3.56. The van der Waals surface area contributed by atoms with Crippen LogP contribution in [0.5, 0.6) is 0 Å². The Bertz CT molecular complexity index is 838. The van der Waals surface area contributed by atoms with Gasteiger partial charge in [-0.1, -0.05) is 0 Å². The minimum Gasteiger partial charge on any atom is -0.448 e. The quantitative estimate of drug-likeness (QED) is 0.364. The normalized spacial score (nSPS) is 16.1. The van der Waals surface area contributed by atoms with Gasteiger partial charge < -0.3 is 19.3 Å². The van der Waals surface area contributed by atoms with Crippen molar-refractivity contribution >= 4 is 35.4 Å². The number of halogens is 1. The fraction of sp³-hybridized carbons (Fsp3) is 0.500. The molecule has 0 atom stereocenters. The Kier molecular flexibility index (Phi) is 7.28. The summed E-state index contributed by atoms with van der Waals surface area (Å²) in [6, 6.07) is 4.57. The molecule has 162 valence electrons. The van der Waals surface area contributed by atoms with Gasteiger partial charge in [-0.3, -0.25) is 19.3 Å². The van der Waals surface area contributed by atoms with Crippen molar-refractivity contribution in [2.75, 3.05) is 58.9 Å². The van der Waals surface area contributed by atoms with Crippen molar-refractivity contribution in [3.63, 3.8) is 0 Å². The molecule has 4 amide bonds. The van der Waals surface area contributed by atoms with Crippen LogP contribution in [0.15, 0.2) is 18.2 Å². The maximum atomic E-state index is 12.9. The third kappa shape index (κ3) is 4.57. The number of hydrogen-bond donors (Lipinski definition) is 0. The molecule has 0 spiro atoms. The van der Waals surface area contributed by atoms with Crippen LogP contribution in [0.1, 0.15) is 37.5 Å². The van der Waals surface area contributed by atoms with Crippen LogP contribution in [0.2, 0.25) is 0 Å². The second-order valence-corrected chi connectivity index (χ2v) is 7.33. The molecule has 1 fully saturated rings. The van der Waals surface area contributed by atoms with Crippen LogP contribution in [-0.2, 0) is 9.47 Å². The molecule has 0 saturated carbocycles. The summed E-state index contributed by atoms with van der Waals surface area (Å²) in [5, 5.41) is 0. The third-order valence-corrected chi connectivity index (χ3v) is 5.23. The number of imide groups is 1.